The van der Waals surface area contributed by atoms with Gasteiger partial charge in [0.1, 0.15) is 23.1 Å². The van der Waals surface area contributed by atoms with Crippen LogP contribution >= 0.6 is 0 Å². The zero-order valence-electron chi connectivity index (χ0n) is 15.9. The van der Waals surface area contributed by atoms with Crippen LogP contribution in [0.25, 0.3) is 10.9 Å². The van der Waals surface area contributed by atoms with E-state index >= 15 is 0 Å². The Morgan fingerprint density at radius 1 is 1.11 bits per heavy atom. The van der Waals surface area contributed by atoms with Gasteiger partial charge in [-0.2, -0.15) is 0 Å². The molecule has 1 fully saturated rings. The van der Waals surface area contributed by atoms with Crippen LogP contribution in [0.3, 0.4) is 0 Å². The van der Waals surface area contributed by atoms with Crippen LogP contribution in [0.4, 0.5) is 0 Å². The molecule has 5 heteroatoms. The maximum Gasteiger partial charge on any atom is 0.219 e. The zero-order valence-corrected chi connectivity index (χ0v) is 15.9. The summed E-state index contributed by atoms with van der Waals surface area (Å²) in [5.41, 5.74) is 1.59. The van der Waals surface area contributed by atoms with Crippen molar-refractivity contribution in [1.82, 2.24) is 4.98 Å². The third-order valence-electron chi connectivity index (χ3n) is 5.70. The van der Waals surface area contributed by atoms with E-state index in [1.807, 2.05) is 36.4 Å². The quantitative estimate of drug-likeness (QED) is 0.695. The largest absolute Gasteiger partial charge is 0.506 e. The van der Waals surface area contributed by atoms with E-state index in [-0.39, 0.29) is 23.3 Å². The van der Waals surface area contributed by atoms with Gasteiger partial charge in [0.25, 0.3) is 0 Å². The van der Waals surface area contributed by atoms with Gasteiger partial charge >= 0.3 is 0 Å². The lowest BCUT2D eigenvalue weighted by molar-refractivity contribution is 0.102. The van der Waals surface area contributed by atoms with Crippen molar-refractivity contribution in [2.24, 2.45) is 10.4 Å². The molecular formula is C23H22N2O3. The molecule has 5 rings (SSSR count). The summed E-state index contributed by atoms with van der Waals surface area (Å²) in [4.78, 5) is 9.24. The van der Waals surface area contributed by atoms with Crippen molar-refractivity contribution in [2.75, 3.05) is 0 Å². The van der Waals surface area contributed by atoms with E-state index in [4.69, 9.17) is 14.5 Å². The number of aromatic hydroxyl groups is 1. The van der Waals surface area contributed by atoms with E-state index in [2.05, 4.69) is 18.8 Å². The monoisotopic (exact) mass is 374 g/mol. The highest BCUT2D eigenvalue weighted by Gasteiger charge is 2.47. The van der Waals surface area contributed by atoms with Crippen molar-refractivity contribution in [2.45, 2.75) is 38.8 Å². The highest BCUT2D eigenvalue weighted by atomic mass is 16.5. The lowest BCUT2D eigenvalue weighted by atomic mass is 9.89. The van der Waals surface area contributed by atoms with E-state index in [0.29, 0.717) is 23.0 Å². The summed E-state index contributed by atoms with van der Waals surface area (Å²) < 4.78 is 12.2. The number of phenolic OH excluding ortho intramolecular Hbond substituents is 1. The Bertz CT molecular complexity index is 1090. The normalized spacial score (nSPS) is 22.6. The number of ether oxygens (including phenoxy) is 2. The summed E-state index contributed by atoms with van der Waals surface area (Å²) in [5.74, 6) is 1.91. The van der Waals surface area contributed by atoms with Gasteiger partial charge in [-0.05, 0) is 43.2 Å². The van der Waals surface area contributed by atoms with Gasteiger partial charge in [0.2, 0.25) is 11.8 Å². The standard InChI is InChI=1S/C23H22N2O3/c1-23(2)12-11-17-21(23)28-22(24-17)15-6-3-7-16(13-15)27-19-10-9-14-5-4-8-18(26)20(14)25-19/h3-10,13,17,21,26H,11-12H2,1-2H3/t17-,21-/m0/s1. The minimum Gasteiger partial charge on any atom is -0.506 e. The Kier molecular flexibility index (Phi) is 3.79. The minimum absolute atomic E-state index is 0.138. The molecule has 2 aliphatic rings. The predicted molar refractivity (Wildman–Crippen MR) is 108 cm³/mol. The molecule has 3 aromatic rings. The second kappa shape index (κ2) is 6.23. The molecule has 28 heavy (non-hydrogen) atoms. The minimum atomic E-state index is 0.138. The lowest BCUT2D eigenvalue weighted by Crippen LogP contribution is -2.30. The fourth-order valence-electron chi connectivity index (χ4n) is 4.13. The number of para-hydroxylation sites is 1. The molecule has 1 saturated carbocycles. The second-order valence-electron chi connectivity index (χ2n) is 8.20. The number of phenols is 1. The fraction of sp³-hybridized carbons (Fsp3) is 0.304. The van der Waals surface area contributed by atoms with Crippen molar-refractivity contribution < 1.29 is 14.6 Å². The number of fused-ring (bicyclic) bond motifs is 2. The molecule has 0 saturated heterocycles. The van der Waals surface area contributed by atoms with Gasteiger partial charge < -0.3 is 14.6 Å². The summed E-state index contributed by atoms with van der Waals surface area (Å²) in [6, 6.07) is 17.0. The number of nitrogens with zero attached hydrogens (tertiary/aromatic N) is 2. The van der Waals surface area contributed by atoms with Crippen LogP contribution in [0.15, 0.2) is 59.6 Å². The van der Waals surface area contributed by atoms with Gasteiger partial charge in [0, 0.05) is 22.4 Å². The van der Waals surface area contributed by atoms with Gasteiger partial charge in [-0.1, -0.05) is 32.0 Å². The first-order valence-corrected chi connectivity index (χ1v) is 9.61. The van der Waals surface area contributed by atoms with Crippen LogP contribution in [0.1, 0.15) is 32.3 Å². The van der Waals surface area contributed by atoms with E-state index in [1.165, 1.54) is 0 Å². The molecule has 0 spiro atoms. The van der Waals surface area contributed by atoms with Crippen LogP contribution in [-0.4, -0.2) is 28.1 Å². The first-order valence-electron chi connectivity index (χ1n) is 9.61. The van der Waals surface area contributed by atoms with Gasteiger partial charge in [0.05, 0.1) is 6.04 Å². The number of rotatable bonds is 3. The molecule has 2 heterocycles. The number of pyridine rings is 1. The molecule has 1 aromatic heterocycles. The van der Waals surface area contributed by atoms with E-state index in [0.717, 1.165) is 23.8 Å². The summed E-state index contributed by atoms with van der Waals surface area (Å²) in [6.45, 7) is 4.49. The highest BCUT2D eigenvalue weighted by molar-refractivity contribution is 5.96. The van der Waals surface area contributed by atoms with Crippen LogP contribution < -0.4 is 4.74 Å². The Balaban J connectivity index is 1.40. The molecule has 2 atom stereocenters. The molecule has 142 valence electrons. The molecule has 0 radical (unpaired) electrons. The predicted octanol–water partition coefficient (Wildman–Crippen LogP) is 5.07. The Morgan fingerprint density at radius 2 is 1.96 bits per heavy atom. The first kappa shape index (κ1) is 17.0. The topological polar surface area (TPSA) is 63.9 Å². The van der Waals surface area contributed by atoms with E-state index in [9.17, 15) is 5.11 Å². The molecular weight excluding hydrogens is 352 g/mol. The number of hydrogen-bond donors (Lipinski definition) is 1. The van der Waals surface area contributed by atoms with E-state index < -0.39 is 0 Å². The average Bonchev–Trinajstić information content (AvgIpc) is 3.24. The zero-order chi connectivity index (χ0) is 19.3. The Hall–Kier alpha value is -3.08. The number of aliphatic imine (C=N–C) groups is 1. The Labute approximate surface area is 163 Å². The van der Waals surface area contributed by atoms with Gasteiger partial charge in [-0.15, -0.1) is 0 Å². The van der Waals surface area contributed by atoms with Crippen molar-refractivity contribution >= 4 is 16.8 Å². The van der Waals surface area contributed by atoms with Crippen LogP contribution in [0.2, 0.25) is 0 Å². The first-order chi connectivity index (χ1) is 13.5. The maximum absolute atomic E-state index is 10.0. The maximum atomic E-state index is 10.0. The van der Waals surface area contributed by atoms with Crippen LogP contribution in [-0.2, 0) is 4.74 Å². The van der Waals surface area contributed by atoms with Crippen molar-refractivity contribution in [3.05, 3.63) is 60.2 Å². The summed E-state index contributed by atoms with van der Waals surface area (Å²) in [6.07, 6.45) is 2.36. The van der Waals surface area contributed by atoms with Crippen LogP contribution in [0, 0.1) is 5.41 Å². The summed E-state index contributed by atoms with van der Waals surface area (Å²) in [5, 5.41) is 10.9. The fourth-order valence-corrected chi connectivity index (χ4v) is 4.13. The second-order valence-corrected chi connectivity index (χ2v) is 8.20. The van der Waals surface area contributed by atoms with Crippen molar-refractivity contribution in [3.8, 4) is 17.4 Å². The number of hydrogen-bond acceptors (Lipinski definition) is 5. The summed E-state index contributed by atoms with van der Waals surface area (Å²) >= 11 is 0. The van der Waals surface area contributed by atoms with Gasteiger partial charge in [0.15, 0.2) is 0 Å². The summed E-state index contributed by atoms with van der Waals surface area (Å²) in [7, 11) is 0. The molecule has 2 aromatic carbocycles. The highest BCUT2D eigenvalue weighted by Crippen LogP contribution is 2.44. The molecule has 0 amide bonds. The molecule has 0 unspecified atom stereocenters. The Morgan fingerprint density at radius 3 is 2.82 bits per heavy atom. The third kappa shape index (κ3) is 2.87. The molecule has 1 aliphatic heterocycles. The van der Waals surface area contributed by atoms with Crippen molar-refractivity contribution in [3.63, 3.8) is 0 Å². The van der Waals surface area contributed by atoms with E-state index in [1.54, 1.807) is 18.2 Å². The lowest BCUT2D eigenvalue weighted by Gasteiger charge is -2.25. The number of aromatic nitrogens is 1. The SMILES string of the molecule is CC1(C)CC[C@@H]2N=C(c3cccc(Oc4ccc5cccc(O)c5n4)c3)O[C@@H]21. The smallest absolute Gasteiger partial charge is 0.219 e. The van der Waals surface area contributed by atoms with Crippen LogP contribution in [0.5, 0.6) is 17.4 Å². The third-order valence-corrected chi connectivity index (χ3v) is 5.70. The van der Waals surface area contributed by atoms with Gasteiger partial charge in [-0.3, -0.25) is 0 Å². The number of benzene rings is 2. The molecule has 5 nitrogen and oxygen atoms in total. The molecule has 1 aliphatic carbocycles. The average molecular weight is 374 g/mol. The molecule has 0 bridgehead atoms. The molecule has 1 N–H and O–H groups in total. The van der Waals surface area contributed by atoms with Gasteiger partial charge in [-0.25, -0.2) is 9.98 Å². The van der Waals surface area contributed by atoms with Crippen molar-refractivity contribution in [1.29, 1.82) is 0 Å².